The fourth-order valence-corrected chi connectivity index (χ4v) is 2.60. The van der Waals surface area contributed by atoms with Crippen molar-refractivity contribution in [3.8, 4) is 17.6 Å². The minimum atomic E-state index is -4.85. The van der Waals surface area contributed by atoms with Crippen LogP contribution in [0.15, 0.2) is 29.3 Å². The molecule has 1 aliphatic rings. The second-order valence-corrected chi connectivity index (χ2v) is 5.74. The number of nitriles is 1. The summed E-state index contributed by atoms with van der Waals surface area (Å²) in [5, 5.41) is 13.0. The Morgan fingerprint density at radius 2 is 1.89 bits per heavy atom. The number of ether oxygens (including phenoxy) is 1. The van der Waals surface area contributed by atoms with E-state index >= 15 is 0 Å². The molecular weight excluding hydrogens is 381 g/mol. The number of hydrogen-bond acceptors (Lipinski definition) is 7. The van der Waals surface area contributed by atoms with E-state index in [1.807, 2.05) is 0 Å². The molecule has 0 spiro atoms. The first-order valence-corrected chi connectivity index (χ1v) is 7.74. The standard InChI is InChI=1S/C16H11F3N6O3/c1-8-11-12(14(27)24(2)13(8)26)23-25(15(22-11)21-7-20)9-3-5-10(6-4-9)28-16(17,18)19/h3-6,8H,1-2H3. The largest absolute Gasteiger partial charge is 0.573 e. The molecule has 0 saturated heterocycles. The lowest BCUT2D eigenvalue weighted by Gasteiger charge is -2.26. The minimum absolute atomic E-state index is 0.0652. The number of nitrogens with zero attached hydrogens (tertiary/aromatic N) is 6. The van der Waals surface area contributed by atoms with Crippen molar-refractivity contribution >= 4 is 11.8 Å². The number of aromatic nitrogens is 3. The van der Waals surface area contributed by atoms with Gasteiger partial charge in [-0.1, -0.05) is 0 Å². The lowest BCUT2D eigenvalue weighted by Crippen LogP contribution is -2.45. The summed E-state index contributed by atoms with van der Waals surface area (Å²) >= 11 is 0. The van der Waals surface area contributed by atoms with Crippen LogP contribution in [0.2, 0.25) is 0 Å². The van der Waals surface area contributed by atoms with Crippen LogP contribution in [-0.2, 0) is 4.79 Å². The molecule has 28 heavy (non-hydrogen) atoms. The molecule has 9 nitrogen and oxygen atoms in total. The van der Waals surface area contributed by atoms with Crippen molar-refractivity contribution in [2.24, 2.45) is 4.99 Å². The van der Waals surface area contributed by atoms with Gasteiger partial charge in [0.05, 0.1) is 17.3 Å². The zero-order chi connectivity index (χ0) is 20.6. The van der Waals surface area contributed by atoms with Gasteiger partial charge >= 0.3 is 6.36 Å². The van der Waals surface area contributed by atoms with Crippen molar-refractivity contribution in [1.29, 1.82) is 5.26 Å². The van der Waals surface area contributed by atoms with Crippen LogP contribution in [0.5, 0.6) is 5.75 Å². The lowest BCUT2D eigenvalue weighted by molar-refractivity contribution is -0.274. The molecule has 0 bridgehead atoms. The Labute approximate surface area is 155 Å². The van der Waals surface area contributed by atoms with E-state index in [0.29, 0.717) is 0 Å². The molecule has 2 amide bonds. The highest BCUT2D eigenvalue weighted by Crippen LogP contribution is 2.25. The van der Waals surface area contributed by atoms with Crippen LogP contribution in [-0.4, -0.2) is 44.9 Å². The van der Waals surface area contributed by atoms with Gasteiger partial charge in [0, 0.05) is 7.05 Å². The van der Waals surface area contributed by atoms with Gasteiger partial charge in [0.2, 0.25) is 12.1 Å². The highest BCUT2D eigenvalue weighted by molar-refractivity contribution is 6.09. The number of alkyl halides is 3. The van der Waals surface area contributed by atoms with Crippen LogP contribution in [0.3, 0.4) is 0 Å². The number of fused-ring (bicyclic) bond motifs is 1. The fourth-order valence-electron chi connectivity index (χ4n) is 2.60. The molecule has 0 aliphatic carbocycles. The molecule has 1 aromatic carbocycles. The third-order valence-electron chi connectivity index (χ3n) is 3.94. The van der Waals surface area contributed by atoms with Crippen LogP contribution in [0.25, 0.3) is 5.69 Å². The van der Waals surface area contributed by atoms with Crippen LogP contribution in [0, 0.1) is 11.5 Å². The fraction of sp³-hybridized carbons (Fsp3) is 0.250. The first kappa shape index (κ1) is 19.0. The monoisotopic (exact) mass is 392 g/mol. The molecule has 1 aliphatic heterocycles. The van der Waals surface area contributed by atoms with Crippen LogP contribution in [0.4, 0.5) is 13.2 Å². The van der Waals surface area contributed by atoms with Crippen LogP contribution < -0.4 is 10.4 Å². The summed E-state index contributed by atoms with van der Waals surface area (Å²) < 4.78 is 41.7. The summed E-state index contributed by atoms with van der Waals surface area (Å²) in [6.45, 7) is 1.53. The number of amides is 2. The second kappa shape index (κ2) is 6.76. The van der Waals surface area contributed by atoms with Crippen molar-refractivity contribution in [2.45, 2.75) is 19.2 Å². The van der Waals surface area contributed by atoms with E-state index in [2.05, 4.69) is 19.8 Å². The van der Waals surface area contributed by atoms with Gasteiger partial charge in [-0.25, -0.2) is 4.98 Å². The Morgan fingerprint density at radius 3 is 2.46 bits per heavy atom. The molecule has 2 heterocycles. The molecule has 0 saturated carbocycles. The summed E-state index contributed by atoms with van der Waals surface area (Å²) in [4.78, 5) is 33.0. The summed E-state index contributed by atoms with van der Waals surface area (Å²) in [7, 11) is 1.30. The molecule has 1 atom stereocenters. The van der Waals surface area contributed by atoms with E-state index in [-0.39, 0.29) is 22.7 Å². The molecule has 3 rings (SSSR count). The van der Waals surface area contributed by atoms with E-state index in [9.17, 15) is 22.8 Å². The van der Waals surface area contributed by atoms with Crippen molar-refractivity contribution < 1.29 is 27.5 Å². The van der Waals surface area contributed by atoms with E-state index in [0.717, 1.165) is 21.7 Å². The Hall–Kier alpha value is -3.75. The molecule has 2 aromatic rings. The highest BCUT2D eigenvalue weighted by Gasteiger charge is 2.37. The zero-order valence-corrected chi connectivity index (χ0v) is 14.4. The molecule has 0 N–H and O–H groups in total. The molecule has 12 heteroatoms. The van der Waals surface area contributed by atoms with E-state index < -0.39 is 29.8 Å². The van der Waals surface area contributed by atoms with Gasteiger partial charge in [-0.05, 0) is 31.2 Å². The van der Waals surface area contributed by atoms with Gasteiger partial charge in [0.25, 0.3) is 11.5 Å². The average Bonchev–Trinajstić information content (AvgIpc) is 2.64. The van der Waals surface area contributed by atoms with Gasteiger partial charge in [-0.15, -0.1) is 18.2 Å². The lowest BCUT2D eigenvalue weighted by atomic mass is 9.99. The number of carbonyl (C=O) groups is 2. The topological polar surface area (TPSA) is 113 Å². The summed E-state index contributed by atoms with van der Waals surface area (Å²) in [6, 6.07) is 4.52. The Bertz CT molecular complexity index is 1070. The van der Waals surface area contributed by atoms with Crippen molar-refractivity contribution in [3.05, 3.63) is 41.3 Å². The summed E-state index contributed by atoms with van der Waals surface area (Å²) in [5.74, 6) is -2.42. The SMILES string of the molecule is CC1C(=O)N(C)C(=O)c2nn(-c3ccc(OC(F)(F)F)cc3)c(=NC#N)nc21. The number of halogens is 3. The average molecular weight is 392 g/mol. The number of likely N-dealkylation sites (N-methyl/N-ethyl adjacent to an activating group) is 1. The van der Waals surface area contributed by atoms with Gasteiger partial charge in [-0.3, -0.25) is 14.5 Å². The van der Waals surface area contributed by atoms with Crippen molar-refractivity contribution in [3.63, 3.8) is 0 Å². The first-order chi connectivity index (χ1) is 13.1. The Kier molecular flexibility index (Phi) is 4.60. The predicted octanol–water partition coefficient (Wildman–Crippen LogP) is 1.26. The third kappa shape index (κ3) is 3.41. The van der Waals surface area contributed by atoms with Gasteiger partial charge in [0.1, 0.15) is 5.75 Å². The number of hydrogen-bond donors (Lipinski definition) is 0. The molecular formula is C16H11F3N6O3. The maximum atomic E-state index is 12.4. The molecule has 1 unspecified atom stereocenters. The molecule has 0 radical (unpaired) electrons. The van der Waals surface area contributed by atoms with E-state index in [4.69, 9.17) is 5.26 Å². The predicted molar refractivity (Wildman–Crippen MR) is 84.7 cm³/mol. The van der Waals surface area contributed by atoms with Crippen LogP contribution in [0.1, 0.15) is 29.0 Å². The number of carbonyl (C=O) groups excluding carboxylic acids is 2. The third-order valence-corrected chi connectivity index (χ3v) is 3.94. The number of rotatable bonds is 2. The van der Waals surface area contributed by atoms with E-state index in [1.165, 1.54) is 32.3 Å². The van der Waals surface area contributed by atoms with Gasteiger partial charge in [0.15, 0.2) is 5.69 Å². The normalized spacial score (nSPS) is 17.4. The molecule has 144 valence electrons. The van der Waals surface area contributed by atoms with E-state index in [1.54, 1.807) is 0 Å². The van der Waals surface area contributed by atoms with Gasteiger partial charge < -0.3 is 4.74 Å². The Balaban J connectivity index is 2.14. The number of imide groups is 1. The second-order valence-electron chi connectivity index (χ2n) is 5.74. The maximum Gasteiger partial charge on any atom is 0.573 e. The number of benzene rings is 1. The quantitative estimate of drug-likeness (QED) is 0.562. The van der Waals surface area contributed by atoms with Crippen molar-refractivity contribution in [1.82, 2.24) is 19.7 Å². The van der Waals surface area contributed by atoms with Gasteiger partial charge in [-0.2, -0.15) is 15.0 Å². The summed E-state index contributed by atoms with van der Waals surface area (Å²) in [5.41, 5.74) is -0.112. The summed E-state index contributed by atoms with van der Waals surface area (Å²) in [6.07, 6.45) is -3.31. The van der Waals surface area contributed by atoms with Crippen LogP contribution >= 0.6 is 0 Å². The molecule has 0 fully saturated rings. The highest BCUT2D eigenvalue weighted by atomic mass is 19.4. The van der Waals surface area contributed by atoms with Crippen molar-refractivity contribution in [2.75, 3.05) is 7.05 Å². The first-order valence-electron chi connectivity index (χ1n) is 7.74. The Morgan fingerprint density at radius 1 is 1.25 bits per heavy atom. The molecule has 1 aromatic heterocycles. The maximum absolute atomic E-state index is 12.4. The smallest absolute Gasteiger partial charge is 0.406 e. The zero-order valence-electron chi connectivity index (χ0n) is 14.4. The minimum Gasteiger partial charge on any atom is -0.406 e.